The number of aromatic nitrogens is 1. The molecular formula is C21H19F3N2O2. The Hall–Kier alpha value is -2.80. The molecule has 1 saturated heterocycles. The van der Waals surface area contributed by atoms with Crippen molar-refractivity contribution in [2.75, 3.05) is 18.0 Å². The Morgan fingerprint density at radius 2 is 1.89 bits per heavy atom. The molecule has 146 valence electrons. The van der Waals surface area contributed by atoms with Crippen LogP contribution in [0.15, 0.2) is 53.3 Å². The molecule has 2 aromatic carbocycles. The lowest BCUT2D eigenvalue weighted by Crippen LogP contribution is -2.38. The largest absolute Gasteiger partial charge is 0.417 e. The summed E-state index contributed by atoms with van der Waals surface area (Å²) >= 11 is 0. The van der Waals surface area contributed by atoms with E-state index in [9.17, 15) is 23.1 Å². The van der Waals surface area contributed by atoms with Crippen LogP contribution in [0.2, 0.25) is 0 Å². The van der Waals surface area contributed by atoms with Gasteiger partial charge in [0.15, 0.2) is 0 Å². The molecular weight excluding hydrogens is 369 g/mol. The third-order valence-corrected chi connectivity index (χ3v) is 5.11. The van der Waals surface area contributed by atoms with Crippen LogP contribution < -0.4 is 10.5 Å². The maximum Gasteiger partial charge on any atom is 0.417 e. The zero-order valence-electron chi connectivity index (χ0n) is 15.0. The number of nitrogens with zero attached hydrogens (tertiary/aromatic N) is 1. The molecule has 0 radical (unpaired) electrons. The van der Waals surface area contributed by atoms with Gasteiger partial charge in [0, 0.05) is 35.4 Å². The second-order valence-corrected chi connectivity index (χ2v) is 7.07. The van der Waals surface area contributed by atoms with E-state index in [1.54, 1.807) is 18.2 Å². The van der Waals surface area contributed by atoms with Gasteiger partial charge in [-0.15, -0.1) is 0 Å². The summed E-state index contributed by atoms with van der Waals surface area (Å²) in [5.74, 6) is 0. The Labute approximate surface area is 159 Å². The number of β-amino-alcohol motifs (C(OH)–C–C–N with tert-alkyl or cyclic N) is 1. The molecule has 0 unspecified atom stereocenters. The summed E-state index contributed by atoms with van der Waals surface area (Å²) in [5.41, 5.74) is -0.336. The number of alkyl halides is 3. The molecule has 0 saturated carbocycles. The molecule has 0 aliphatic carbocycles. The van der Waals surface area contributed by atoms with Crippen LogP contribution in [-0.4, -0.2) is 29.3 Å². The first-order valence-electron chi connectivity index (χ1n) is 9.09. The van der Waals surface area contributed by atoms with Crippen molar-refractivity contribution in [1.82, 2.24) is 4.98 Å². The van der Waals surface area contributed by atoms with Gasteiger partial charge in [0.1, 0.15) is 0 Å². The fraction of sp³-hybridized carbons (Fsp3) is 0.286. The summed E-state index contributed by atoms with van der Waals surface area (Å²) in [6.45, 7) is 1.29. The zero-order valence-corrected chi connectivity index (χ0v) is 15.0. The molecule has 0 spiro atoms. The molecule has 1 atom stereocenters. The molecule has 1 aromatic heterocycles. The number of aromatic amines is 1. The Bertz CT molecular complexity index is 1080. The van der Waals surface area contributed by atoms with Gasteiger partial charge in [0.25, 0.3) is 5.56 Å². The van der Waals surface area contributed by atoms with Crippen LogP contribution in [0, 0.1) is 0 Å². The van der Waals surface area contributed by atoms with E-state index in [0.29, 0.717) is 17.3 Å². The fourth-order valence-corrected chi connectivity index (χ4v) is 3.74. The average Bonchev–Trinajstić information content (AvgIpc) is 2.67. The van der Waals surface area contributed by atoms with Crippen molar-refractivity contribution in [2.45, 2.75) is 25.1 Å². The van der Waals surface area contributed by atoms with E-state index >= 15 is 0 Å². The average molecular weight is 388 g/mol. The van der Waals surface area contributed by atoms with E-state index in [1.807, 2.05) is 11.0 Å². The Kier molecular flexibility index (Phi) is 4.63. The number of H-pyrrole nitrogens is 1. The molecule has 4 rings (SSSR count). The summed E-state index contributed by atoms with van der Waals surface area (Å²) in [7, 11) is 0. The number of fused-ring (bicyclic) bond motifs is 1. The third-order valence-electron chi connectivity index (χ3n) is 5.11. The number of aliphatic hydroxyl groups excluding tert-OH is 1. The first-order valence-corrected chi connectivity index (χ1v) is 9.09. The molecule has 1 fully saturated rings. The van der Waals surface area contributed by atoms with Gasteiger partial charge in [-0.25, -0.2) is 0 Å². The van der Waals surface area contributed by atoms with Crippen LogP contribution in [0.5, 0.6) is 0 Å². The monoisotopic (exact) mass is 388 g/mol. The molecule has 3 aromatic rings. The van der Waals surface area contributed by atoms with E-state index in [-0.39, 0.29) is 11.3 Å². The highest BCUT2D eigenvalue weighted by Gasteiger charge is 2.33. The van der Waals surface area contributed by atoms with Crippen LogP contribution >= 0.6 is 0 Å². The Morgan fingerprint density at radius 3 is 2.64 bits per heavy atom. The van der Waals surface area contributed by atoms with Crippen LogP contribution in [0.4, 0.5) is 18.9 Å². The van der Waals surface area contributed by atoms with Crippen LogP contribution in [0.25, 0.3) is 22.0 Å². The first kappa shape index (κ1) is 18.6. The van der Waals surface area contributed by atoms with Crippen molar-refractivity contribution in [3.63, 3.8) is 0 Å². The molecule has 28 heavy (non-hydrogen) atoms. The molecule has 2 N–H and O–H groups in total. The van der Waals surface area contributed by atoms with Crippen LogP contribution in [0.3, 0.4) is 0 Å². The molecule has 4 nitrogen and oxygen atoms in total. The number of pyridine rings is 1. The lowest BCUT2D eigenvalue weighted by Gasteiger charge is -2.32. The summed E-state index contributed by atoms with van der Waals surface area (Å²) < 4.78 is 40.0. The van der Waals surface area contributed by atoms with Crippen LogP contribution in [-0.2, 0) is 6.18 Å². The number of nitrogens with one attached hydrogen (secondary N) is 1. The van der Waals surface area contributed by atoms with Crippen LogP contribution in [0.1, 0.15) is 18.4 Å². The smallest absolute Gasteiger partial charge is 0.391 e. The van der Waals surface area contributed by atoms with Gasteiger partial charge in [0.05, 0.1) is 11.7 Å². The number of hydrogen-bond donors (Lipinski definition) is 2. The second kappa shape index (κ2) is 6.98. The first-order chi connectivity index (χ1) is 13.3. The van der Waals surface area contributed by atoms with E-state index < -0.39 is 23.4 Å². The van der Waals surface area contributed by atoms with E-state index in [0.717, 1.165) is 31.1 Å². The third kappa shape index (κ3) is 3.49. The molecule has 0 amide bonds. The molecule has 1 aliphatic rings. The maximum absolute atomic E-state index is 13.3. The van der Waals surface area contributed by atoms with Crippen molar-refractivity contribution in [3.8, 4) is 11.3 Å². The minimum absolute atomic E-state index is 0.0581. The molecule has 2 heterocycles. The predicted octanol–water partition coefficient (Wildman–Crippen LogP) is 4.18. The standard InChI is InChI=1S/C21H19F3N2O2/c22-21(23,24)18-6-2-1-5-16(18)19-10-13-7-8-14(11-17(13)20(28)25-19)26-9-3-4-15(27)12-26/h1-2,5-8,10-11,15,27H,3-4,9,12H2,(H,25,28)/t15-/m0/s1. The number of rotatable bonds is 2. The quantitative estimate of drug-likeness (QED) is 0.693. The molecule has 1 aliphatic heterocycles. The van der Waals surface area contributed by atoms with E-state index in [2.05, 4.69) is 4.98 Å². The van der Waals surface area contributed by atoms with Gasteiger partial charge in [-0.05, 0) is 42.5 Å². The highest BCUT2D eigenvalue weighted by atomic mass is 19.4. The van der Waals surface area contributed by atoms with Gasteiger partial charge >= 0.3 is 6.18 Å². The lowest BCUT2D eigenvalue weighted by molar-refractivity contribution is -0.137. The number of anilines is 1. The summed E-state index contributed by atoms with van der Waals surface area (Å²) in [4.78, 5) is 17.2. The second-order valence-electron chi connectivity index (χ2n) is 7.07. The van der Waals surface area contributed by atoms with Gasteiger partial charge in [0.2, 0.25) is 0 Å². The Morgan fingerprint density at radius 1 is 1.11 bits per heavy atom. The summed E-state index contributed by atoms with van der Waals surface area (Å²) in [5, 5.41) is 10.8. The number of benzene rings is 2. The van der Waals surface area contributed by atoms with Gasteiger partial charge in [-0.1, -0.05) is 24.3 Å². The van der Waals surface area contributed by atoms with Crippen molar-refractivity contribution >= 4 is 16.5 Å². The highest BCUT2D eigenvalue weighted by Crippen LogP contribution is 2.36. The van der Waals surface area contributed by atoms with Crippen molar-refractivity contribution in [3.05, 3.63) is 64.4 Å². The SMILES string of the molecule is O=c1[nH]c(-c2ccccc2C(F)(F)F)cc2ccc(N3CCC[C@H](O)C3)cc12. The fourth-order valence-electron chi connectivity index (χ4n) is 3.74. The minimum Gasteiger partial charge on any atom is -0.391 e. The predicted molar refractivity (Wildman–Crippen MR) is 102 cm³/mol. The van der Waals surface area contributed by atoms with E-state index in [4.69, 9.17) is 0 Å². The number of aliphatic hydroxyl groups is 1. The molecule has 7 heteroatoms. The zero-order chi connectivity index (χ0) is 19.9. The number of piperidine rings is 1. The summed E-state index contributed by atoms with van der Waals surface area (Å²) in [6.07, 6.45) is -3.29. The maximum atomic E-state index is 13.3. The van der Waals surface area contributed by atoms with Gasteiger partial charge in [-0.3, -0.25) is 4.79 Å². The minimum atomic E-state index is -4.51. The van der Waals surface area contributed by atoms with Crippen molar-refractivity contribution < 1.29 is 18.3 Å². The normalized spacial score (nSPS) is 17.9. The van der Waals surface area contributed by atoms with Gasteiger partial charge in [-0.2, -0.15) is 13.2 Å². The van der Waals surface area contributed by atoms with Crippen molar-refractivity contribution in [2.24, 2.45) is 0 Å². The number of hydrogen-bond acceptors (Lipinski definition) is 3. The number of halogens is 3. The summed E-state index contributed by atoms with van der Waals surface area (Å²) in [6, 6.07) is 12.1. The van der Waals surface area contributed by atoms with Gasteiger partial charge < -0.3 is 15.0 Å². The van der Waals surface area contributed by atoms with Crippen molar-refractivity contribution in [1.29, 1.82) is 0 Å². The highest BCUT2D eigenvalue weighted by molar-refractivity contribution is 5.88. The molecule has 0 bridgehead atoms. The Balaban J connectivity index is 1.79. The topological polar surface area (TPSA) is 56.3 Å². The lowest BCUT2D eigenvalue weighted by atomic mass is 10.0. The van der Waals surface area contributed by atoms with E-state index in [1.165, 1.54) is 18.2 Å².